The van der Waals surface area contributed by atoms with Gasteiger partial charge in [0.1, 0.15) is 6.07 Å². The number of nitrogens with zero attached hydrogens (tertiary/aromatic N) is 4. The number of rotatable bonds is 6. The maximum atomic E-state index is 10.0. The van der Waals surface area contributed by atoms with Crippen molar-refractivity contribution in [2.24, 2.45) is 0 Å². The third kappa shape index (κ3) is 4.71. The molecule has 1 saturated heterocycles. The molecule has 3 N–H and O–H groups in total. The van der Waals surface area contributed by atoms with Gasteiger partial charge in [0.25, 0.3) is 0 Å². The zero-order valence-electron chi connectivity index (χ0n) is 20.1. The highest BCUT2D eigenvalue weighted by Gasteiger charge is 2.36. The predicted molar refractivity (Wildman–Crippen MR) is 136 cm³/mol. The molecule has 8 nitrogen and oxygen atoms in total. The summed E-state index contributed by atoms with van der Waals surface area (Å²) in [6.45, 7) is 8.84. The Morgan fingerprint density at radius 1 is 1.23 bits per heavy atom. The second-order valence-corrected chi connectivity index (χ2v) is 9.57. The van der Waals surface area contributed by atoms with Crippen molar-refractivity contribution in [1.82, 2.24) is 14.9 Å². The van der Waals surface area contributed by atoms with Crippen molar-refractivity contribution in [3.05, 3.63) is 64.8 Å². The Kier molecular flexibility index (Phi) is 6.39. The Labute approximate surface area is 205 Å². The number of fused-ring (bicyclic) bond motifs is 1. The molecule has 2 aliphatic rings. The van der Waals surface area contributed by atoms with Gasteiger partial charge in [-0.25, -0.2) is 9.97 Å². The zero-order valence-corrected chi connectivity index (χ0v) is 20.1. The van der Waals surface area contributed by atoms with E-state index in [9.17, 15) is 10.4 Å². The van der Waals surface area contributed by atoms with Gasteiger partial charge >= 0.3 is 0 Å². The van der Waals surface area contributed by atoms with E-state index in [-0.39, 0.29) is 6.61 Å². The van der Waals surface area contributed by atoms with Crippen LogP contribution in [-0.2, 0) is 16.7 Å². The van der Waals surface area contributed by atoms with E-state index in [1.165, 1.54) is 5.56 Å². The normalized spacial score (nSPS) is 19.6. The molecule has 2 aromatic carbocycles. The zero-order chi connectivity index (χ0) is 24.4. The van der Waals surface area contributed by atoms with Gasteiger partial charge in [-0.1, -0.05) is 19.1 Å². The van der Waals surface area contributed by atoms with Crippen molar-refractivity contribution in [2.75, 3.05) is 50.1 Å². The first-order chi connectivity index (χ1) is 17.0. The number of aliphatic hydroxyl groups is 1. The van der Waals surface area contributed by atoms with Crippen LogP contribution in [0.25, 0.3) is 11.3 Å². The van der Waals surface area contributed by atoms with E-state index in [4.69, 9.17) is 9.72 Å². The highest BCUT2D eigenvalue weighted by atomic mass is 16.5. The van der Waals surface area contributed by atoms with Crippen molar-refractivity contribution in [3.63, 3.8) is 0 Å². The average molecular weight is 471 g/mol. The monoisotopic (exact) mass is 470 g/mol. The maximum absolute atomic E-state index is 10.0. The standard InChI is InChI=1S/C27H30N6O2/c1-18-3-4-19(15-33-7-9-35-10-8-33)24(11-18)32-26-29-6-5-23(31-26)20-12-21(14-28)25-22(13-20)27(2,17-34)16-30-25/h3-6,11-13,30,34H,7-10,15-17H2,1-2H3,(H,29,31,32)/t27-/m1/s1. The van der Waals surface area contributed by atoms with Crippen LogP contribution in [-0.4, -0.2) is 59.4 Å². The van der Waals surface area contributed by atoms with E-state index >= 15 is 0 Å². The molecule has 5 rings (SSSR count). The molecule has 0 bridgehead atoms. The Bertz CT molecular complexity index is 1280. The minimum absolute atomic E-state index is 0.00280. The number of nitriles is 1. The Hall–Kier alpha value is -3.51. The smallest absolute Gasteiger partial charge is 0.227 e. The van der Waals surface area contributed by atoms with Crippen LogP contribution in [0, 0.1) is 18.3 Å². The van der Waals surface area contributed by atoms with Gasteiger partial charge in [0.2, 0.25) is 5.95 Å². The van der Waals surface area contributed by atoms with Crippen LogP contribution in [0.4, 0.5) is 17.3 Å². The fraction of sp³-hybridized carbons (Fsp3) is 0.370. The van der Waals surface area contributed by atoms with Gasteiger partial charge in [-0.3, -0.25) is 4.90 Å². The number of nitrogens with one attached hydrogen (secondary N) is 2. The molecule has 1 atom stereocenters. The third-order valence-corrected chi connectivity index (χ3v) is 6.87. The van der Waals surface area contributed by atoms with Gasteiger partial charge < -0.3 is 20.5 Å². The minimum Gasteiger partial charge on any atom is -0.395 e. The number of hydrogen-bond acceptors (Lipinski definition) is 8. The molecule has 0 amide bonds. The summed E-state index contributed by atoms with van der Waals surface area (Å²) in [5.74, 6) is 0.498. The number of anilines is 3. The van der Waals surface area contributed by atoms with E-state index in [1.807, 2.05) is 25.1 Å². The van der Waals surface area contributed by atoms with Gasteiger partial charge in [-0.2, -0.15) is 5.26 Å². The van der Waals surface area contributed by atoms with Gasteiger partial charge in [-0.15, -0.1) is 0 Å². The summed E-state index contributed by atoms with van der Waals surface area (Å²) in [4.78, 5) is 11.6. The second kappa shape index (κ2) is 9.62. The molecule has 8 heteroatoms. The van der Waals surface area contributed by atoms with E-state index in [2.05, 4.69) is 51.7 Å². The first kappa shape index (κ1) is 23.2. The molecule has 180 valence electrons. The van der Waals surface area contributed by atoms with Crippen LogP contribution >= 0.6 is 0 Å². The number of morpholine rings is 1. The van der Waals surface area contributed by atoms with Crippen LogP contribution in [0.2, 0.25) is 0 Å². The topological polar surface area (TPSA) is 106 Å². The van der Waals surface area contributed by atoms with Gasteiger partial charge in [0, 0.05) is 49.0 Å². The lowest BCUT2D eigenvalue weighted by atomic mass is 9.83. The van der Waals surface area contributed by atoms with E-state index in [1.54, 1.807) is 6.20 Å². The summed E-state index contributed by atoms with van der Waals surface area (Å²) in [5.41, 5.74) is 6.71. The molecule has 1 aromatic heterocycles. The molecule has 0 radical (unpaired) electrons. The van der Waals surface area contributed by atoms with Crippen LogP contribution in [0.1, 0.15) is 29.2 Å². The average Bonchev–Trinajstić information content (AvgIpc) is 3.23. The van der Waals surface area contributed by atoms with Crippen molar-refractivity contribution < 1.29 is 9.84 Å². The lowest BCUT2D eigenvalue weighted by Crippen LogP contribution is -2.35. The molecule has 3 heterocycles. The summed E-state index contributed by atoms with van der Waals surface area (Å²) in [7, 11) is 0. The summed E-state index contributed by atoms with van der Waals surface area (Å²) in [6.07, 6.45) is 1.73. The van der Waals surface area contributed by atoms with Crippen molar-refractivity contribution in [1.29, 1.82) is 5.26 Å². The lowest BCUT2D eigenvalue weighted by Gasteiger charge is -2.27. The van der Waals surface area contributed by atoms with Crippen LogP contribution in [0.15, 0.2) is 42.6 Å². The number of aliphatic hydroxyl groups excluding tert-OH is 1. The van der Waals surface area contributed by atoms with Gasteiger partial charge in [-0.05, 0) is 47.9 Å². The van der Waals surface area contributed by atoms with Gasteiger partial charge in [0.15, 0.2) is 0 Å². The summed E-state index contributed by atoms with van der Waals surface area (Å²) >= 11 is 0. The van der Waals surface area contributed by atoms with E-state index in [0.717, 1.165) is 66.6 Å². The Morgan fingerprint density at radius 2 is 2.06 bits per heavy atom. The third-order valence-electron chi connectivity index (χ3n) is 6.87. The molecular weight excluding hydrogens is 440 g/mol. The highest BCUT2D eigenvalue weighted by molar-refractivity contribution is 5.76. The molecule has 1 fully saturated rings. The number of hydrogen-bond donors (Lipinski definition) is 3. The number of benzene rings is 2. The Balaban J connectivity index is 1.46. The molecule has 0 spiro atoms. The predicted octanol–water partition coefficient (Wildman–Crippen LogP) is 3.58. The fourth-order valence-corrected chi connectivity index (χ4v) is 4.71. The quantitative estimate of drug-likeness (QED) is 0.502. The highest BCUT2D eigenvalue weighted by Crippen LogP contribution is 2.41. The van der Waals surface area contributed by atoms with Crippen LogP contribution in [0.3, 0.4) is 0 Å². The first-order valence-electron chi connectivity index (χ1n) is 11.9. The molecule has 0 saturated carbocycles. The summed E-state index contributed by atoms with van der Waals surface area (Å²) in [5, 5.41) is 26.5. The van der Waals surface area contributed by atoms with E-state index < -0.39 is 5.41 Å². The van der Waals surface area contributed by atoms with Crippen LogP contribution in [0.5, 0.6) is 0 Å². The first-order valence-corrected chi connectivity index (χ1v) is 11.9. The number of ether oxygens (including phenoxy) is 1. The minimum atomic E-state index is -0.443. The number of aromatic nitrogens is 2. The molecule has 0 unspecified atom stereocenters. The SMILES string of the molecule is Cc1ccc(CN2CCOCC2)c(Nc2nccc(-c3cc(C#N)c4c(c3)[C@@](C)(CO)CN4)n2)c1. The summed E-state index contributed by atoms with van der Waals surface area (Å²) in [6, 6.07) is 14.4. The van der Waals surface area contributed by atoms with E-state index in [0.29, 0.717) is 18.1 Å². The molecule has 35 heavy (non-hydrogen) atoms. The second-order valence-electron chi connectivity index (χ2n) is 9.57. The molecule has 3 aromatic rings. The molecular formula is C27H30N6O2. The van der Waals surface area contributed by atoms with Crippen molar-refractivity contribution in [2.45, 2.75) is 25.8 Å². The Morgan fingerprint density at radius 3 is 2.83 bits per heavy atom. The lowest BCUT2D eigenvalue weighted by molar-refractivity contribution is 0.0343. The maximum Gasteiger partial charge on any atom is 0.227 e. The largest absolute Gasteiger partial charge is 0.395 e. The fourth-order valence-electron chi connectivity index (χ4n) is 4.71. The molecule has 2 aliphatic heterocycles. The summed E-state index contributed by atoms with van der Waals surface area (Å²) < 4.78 is 5.49. The number of aryl methyl sites for hydroxylation is 1. The molecule has 0 aliphatic carbocycles. The van der Waals surface area contributed by atoms with Crippen LogP contribution < -0.4 is 10.6 Å². The van der Waals surface area contributed by atoms with Gasteiger partial charge in [0.05, 0.1) is 36.8 Å². The van der Waals surface area contributed by atoms with Crippen molar-refractivity contribution in [3.8, 4) is 17.3 Å². The van der Waals surface area contributed by atoms with Crippen molar-refractivity contribution >= 4 is 17.3 Å².